The third kappa shape index (κ3) is 3.44. The Hall–Kier alpha value is -2.03. The number of nitrogens with zero attached hydrogens (tertiary/aromatic N) is 4. The zero-order chi connectivity index (χ0) is 18.1. The summed E-state index contributed by atoms with van der Waals surface area (Å²) in [5.74, 6) is 0.178. The van der Waals surface area contributed by atoms with Gasteiger partial charge in [-0.2, -0.15) is 15.4 Å². The van der Waals surface area contributed by atoms with E-state index in [-0.39, 0.29) is 12.4 Å². The summed E-state index contributed by atoms with van der Waals surface area (Å²) < 4.78 is 6.21. The molecule has 146 valence electrons. The van der Waals surface area contributed by atoms with Gasteiger partial charge in [0.05, 0.1) is 11.9 Å². The number of aromatic amines is 1. The average molecular weight is 393 g/mol. The lowest BCUT2D eigenvalue weighted by Crippen LogP contribution is -2.58. The second-order valence-electron chi connectivity index (χ2n) is 7.27. The fraction of sp³-hybridized carbons (Fsp3) is 0.556. The van der Waals surface area contributed by atoms with Crippen LogP contribution in [0.4, 0.5) is 0 Å². The molecular formula is C18H25ClN6O2. The molecule has 2 aromatic heterocycles. The first-order chi connectivity index (χ1) is 12.6. The van der Waals surface area contributed by atoms with Crippen molar-refractivity contribution in [1.29, 1.82) is 0 Å². The highest BCUT2D eigenvalue weighted by molar-refractivity contribution is 5.90. The van der Waals surface area contributed by atoms with Crippen LogP contribution in [0.3, 0.4) is 0 Å². The maximum Gasteiger partial charge on any atom is 0.267 e. The molecule has 3 N–H and O–H groups in total. The molecule has 1 saturated heterocycles. The number of primary amides is 1. The first-order valence-electron chi connectivity index (χ1n) is 9.02. The summed E-state index contributed by atoms with van der Waals surface area (Å²) in [4.78, 5) is 18.1. The van der Waals surface area contributed by atoms with E-state index >= 15 is 0 Å². The number of piperidine rings is 1. The maximum atomic E-state index is 11.6. The Bertz CT molecular complexity index is 770. The topological polar surface area (TPSA) is 110 Å². The van der Waals surface area contributed by atoms with Gasteiger partial charge in [0, 0.05) is 44.8 Å². The number of hydrogen-bond acceptors (Lipinski definition) is 6. The third-order valence-corrected chi connectivity index (χ3v) is 5.93. The number of pyridine rings is 1. The lowest BCUT2D eigenvalue weighted by Gasteiger charge is -2.55. The van der Waals surface area contributed by atoms with Gasteiger partial charge in [0.15, 0.2) is 0 Å². The Balaban J connectivity index is 0.00000210. The second-order valence-corrected chi connectivity index (χ2v) is 7.27. The van der Waals surface area contributed by atoms with Crippen molar-refractivity contribution in [2.45, 2.75) is 31.4 Å². The smallest absolute Gasteiger partial charge is 0.267 e. The van der Waals surface area contributed by atoms with Crippen LogP contribution < -0.4 is 5.73 Å². The summed E-state index contributed by atoms with van der Waals surface area (Å²) in [6, 6.07) is 3.78. The van der Waals surface area contributed by atoms with Crippen LogP contribution >= 0.6 is 12.4 Å². The van der Waals surface area contributed by atoms with Crippen molar-refractivity contribution in [3.63, 3.8) is 0 Å². The summed E-state index contributed by atoms with van der Waals surface area (Å²) >= 11 is 0. The molecule has 27 heavy (non-hydrogen) atoms. The molecule has 1 saturated carbocycles. The number of methoxy groups -OCH3 is 1. The number of rotatable bonds is 5. The van der Waals surface area contributed by atoms with Crippen molar-refractivity contribution in [2.75, 3.05) is 20.2 Å². The summed E-state index contributed by atoms with van der Waals surface area (Å²) in [5, 5.41) is 10.8. The predicted octanol–water partition coefficient (Wildman–Crippen LogP) is 1.49. The summed E-state index contributed by atoms with van der Waals surface area (Å²) in [6.07, 6.45) is 6.82. The van der Waals surface area contributed by atoms with Gasteiger partial charge in [-0.15, -0.1) is 12.4 Å². The van der Waals surface area contributed by atoms with E-state index in [1.807, 2.05) is 12.1 Å². The quantitative estimate of drug-likeness (QED) is 0.797. The Kier molecular flexibility index (Phi) is 5.78. The molecule has 2 unspecified atom stereocenters. The van der Waals surface area contributed by atoms with E-state index < -0.39 is 11.5 Å². The Morgan fingerprint density at radius 2 is 2.15 bits per heavy atom. The highest BCUT2D eigenvalue weighted by Crippen LogP contribution is 2.51. The van der Waals surface area contributed by atoms with E-state index in [2.05, 4.69) is 25.3 Å². The van der Waals surface area contributed by atoms with Crippen LogP contribution in [0.2, 0.25) is 0 Å². The first-order valence-corrected chi connectivity index (χ1v) is 9.02. The van der Waals surface area contributed by atoms with Crippen molar-refractivity contribution in [3.05, 3.63) is 41.5 Å². The lowest BCUT2D eigenvalue weighted by atomic mass is 9.62. The fourth-order valence-electron chi connectivity index (χ4n) is 4.92. The largest absolute Gasteiger partial charge is 0.373 e. The minimum Gasteiger partial charge on any atom is -0.373 e. The van der Waals surface area contributed by atoms with Gasteiger partial charge < -0.3 is 10.5 Å². The summed E-state index contributed by atoms with van der Waals surface area (Å²) in [7, 11) is 1.78. The minimum absolute atomic E-state index is 0. The molecule has 0 spiro atoms. The van der Waals surface area contributed by atoms with Crippen LogP contribution in [0.1, 0.15) is 41.0 Å². The molecular weight excluding hydrogens is 368 g/mol. The van der Waals surface area contributed by atoms with E-state index in [1.54, 1.807) is 19.5 Å². The number of hydrogen-bond donors (Lipinski definition) is 2. The number of nitrogens with two attached hydrogens (primary N) is 1. The van der Waals surface area contributed by atoms with Crippen LogP contribution in [-0.4, -0.2) is 51.4 Å². The van der Waals surface area contributed by atoms with Crippen molar-refractivity contribution < 1.29 is 9.53 Å². The lowest BCUT2D eigenvalue weighted by molar-refractivity contribution is -0.170. The van der Waals surface area contributed by atoms with Crippen LogP contribution in [0, 0.1) is 11.8 Å². The Labute approximate surface area is 164 Å². The SMILES string of the molecule is COC1(c2ccnc(C(N)=O)c2)C2CCCC1CN(Cc1cn[nH]n1)C2.Cl. The number of likely N-dealkylation sites (tertiary alicyclic amines) is 1. The molecule has 2 atom stereocenters. The molecule has 0 radical (unpaired) electrons. The fourth-order valence-corrected chi connectivity index (χ4v) is 4.92. The van der Waals surface area contributed by atoms with Gasteiger partial charge in [0.25, 0.3) is 5.91 Å². The zero-order valence-corrected chi connectivity index (χ0v) is 16.1. The molecule has 9 heteroatoms. The van der Waals surface area contributed by atoms with Crippen molar-refractivity contribution in [3.8, 4) is 0 Å². The number of aromatic nitrogens is 4. The molecule has 1 aliphatic carbocycles. The molecule has 1 aliphatic heterocycles. The molecule has 2 fully saturated rings. The summed E-state index contributed by atoms with van der Waals surface area (Å²) in [6.45, 7) is 2.63. The normalized spacial score (nSPS) is 27.7. The molecule has 1 amide bonds. The van der Waals surface area contributed by atoms with Crippen LogP contribution in [-0.2, 0) is 16.9 Å². The zero-order valence-electron chi connectivity index (χ0n) is 15.3. The standard InChI is InChI=1S/C18H24N6O2.ClH/c1-26-18(12-5-6-20-16(7-12)17(19)25)13-3-2-4-14(18)10-24(9-13)11-15-8-21-23-22-15;/h5-8,13-14H,2-4,9-11H2,1H3,(H2,19,25)(H,21,22,23);1H. The van der Waals surface area contributed by atoms with Gasteiger partial charge in [-0.25, -0.2) is 0 Å². The molecule has 8 nitrogen and oxygen atoms in total. The van der Waals surface area contributed by atoms with Crippen molar-refractivity contribution in [1.82, 2.24) is 25.3 Å². The van der Waals surface area contributed by atoms with Gasteiger partial charge in [-0.05, 0) is 30.5 Å². The molecule has 2 aliphatic rings. The van der Waals surface area contributed by atoms with E-state index in [1.165, 1.54) is 6.42 Å². The Morgan fingerprint density at radius 1 is 1.41 bits per heavy atom. The molecule has 3 heterocycles. The number of carbonyl (C=O) groups excluding carboxylic acids is 1. The number of nitrogens with one attached hydrogen (secondary N) is 1. The predicted molar refractivity (Wildman–Crippen MR) is 101 cm³/mol. The van der Waals surface area contributed by atoms with E-state index in [0.29, 0.717) is 17.5 Å². The van der Waals surface area contributed by atoms with Gasteiger partial charge in [-0.3, -0.25) is 14.7 Å². The highest BCUT2D eigenvalue weighted by atomic mass is 35.5. The monoisotopic (exact) mass is 392 g/mol. The Morgan fingerprint density at radius 3 is 2.74 bits per heavy atom. The third-order valence-electron chi connectivity index (χ3n) is 5.93. The number of fused-ring (bicyclic) bond motifs is 2. The molecule has 0 aromatic carbocycles. The number of carbonyl (C=O) groups is 1. The van der Waals surface area contributed by atoms with Gasteiger partial charge >= 0.3 is 0 Å². The first kappa shape index (κ1) is 19.7. The number of ether oxygens (including phenoxy) is 1. The van der Waals surface area contributed by atoms with Crippen LogP contribution in [0.25, 0.3) is 0 Å². The minimum atomic E-state index is -0.508. The van der Waals surface area contributed by atoms with E-state index in [0.717, 1.165) is 43.7 Å². The molecule has 2 bridgehead atoms. The maximum absolute atomic E-state index is 11.6. The van der Waals surface area contributed by atoms with Crippen LogP contribution in [0.5, 0.6) is 0 Å². The average Bonchev–Trinajstić information content (AvgIpc) is 3.14. The van der Waals surface area contributed by atoms with Gasteiger partial charge in [0.2, 0.25) is 0 Å². The van der Waals surface area contributed by atoms with Crippen molar-refractivity contribution >= 4 is 18.3 Å². The molecule has 4 rings (SSSR count). The number of H-pyrrole nitrogens is 1. The number of amides is 1. The summed E-state index contributed by atoms with van der Waals surface area (Å²) in [5.41, 5.74) is 7.31. The van der Waals surface area contributed by atoms with E-state index in [4.69, 9.17) is 10.5 Å². The van der Waals surface area contributed by atoms with Crippen LogP contribution in [0.15, 0.2) is 24.5 Å². The van der Waals surface area contributed by atoms with E-state index in [9.17, 15) is 4.79 Å². The highest BCUT2D eigenvalue weighted by Gasteiger charge is 2.53. The van der Waals surface area contributed by atoms with Crippen molar-refractivity contribution in [2.24, 2.45) is 17.6 Å². The van der Waals surface area contributed by atoms with Gasteiger partial charge in [0.1, 0.15) is 11.3 Å². The van der Waals surface area contributed by atoms with Gasteiger partial charge in [-0.1, -0.05) is 6.42 Å². The second kappa shape index (κ2) is 7.92. The number of halogens is 1. The molecule has 2 aromatic rings.